The van der Waals surface area contributed by atoms with Crippen LogP contribution in [0, 0.1) is 5.92 Å². The molecule has 0 spiro atoms. The maximum Gasteiger partial charge on any atom is 0.407 e. The number of aromatic amines is 1. The van der Waals surface area contributed by atoms with Gasteiger partial charge in [0.15, 0.2) is 0 Å². The first kappa shape index (κ1) is 23.4. The Morgan fingerprint density at radius 2 is 2.21 bits per heavy atom. The Kier molecular flexibility index (Phi) is 7.07. The van der Waals surface area contributed by atoms with Crippen molar-refractivity contribution in [2.75, 3.05) is 24.5 Å². The average Bonchev–Trinajstić information content (AvgIpc) is 3.49. The molecule has 0 aliphatic heterocycles. The van der Waals surface area contributed by atoms with Gasteiger partial charge in [-0.15, -0.1) is 0 Å². The number of ether oxygens (including phenoxy) is 1. The summed E-state index contributed by atoms with van der Waals surface area (Å²) in [5.41, 5.74) is 1.48. The third-order valence-corrected chi connectivity index (χ3v) is 6.27. The zero-order chi connectivity index (χ0) is 23.4. The SMILES string of the molecule is CC(C)(C)OC(=O)NCCCN(CC1CCC(n2ccc3c(Cl)ncnc32)C1)c1cn[nH]c1. The molecular formula is C23H32ClN7O2. The van der Waals surface area contributed by atoms with Gasteiger partial charge < -0.3 is 19.5 Å². The van der Waals surface area contributed by atoms with Crippen LogP contribution in [0.15, 0.2) is 31.0 Å². The van der Waals surface area contributed by atoms with Gasteiger partial charge in [0.05, 0.1) is 17.3 Å². The van der Waals surface area contributed by atoms with Crippen LogP contribution in [0.3, 0.4) is 0 Å². The van der Waals surface area contributed by atoms with Crippen LogP contribution in [0.2, 0.25) is 5.15 Å². The molecule has 178 valence electrons. The number of amides is 1. The van der Waals surface area contributed by atoms with Crippen molar-refractivity contribution < 1.29 is 9.53 Å². The number of hydrogen-bond acceptors (Lipinski definition) is 6. The molecule has 33 heavy (non-hydrogen) atoms. The van der Waals surface area contributed by atoms with Crippen LogP contribution in [0.1, 0.15) is 52.5 Å². The van der Waals surface area contributed by atoms with Gasteiger partial charge in [-0.1, -0.05) is 11.6 Å². The van der Waals surface area contributed by atoms with E-state index in [4.69, 9.17) is 16.3 Å². The molecule has 10 heteroatoms. The monoisotopic (exact) mass is 473 g/mol. The number of alkyl carbamates (subject to hydrolysis) is 1. The first-order valence-electron chi connectivity index (χ1n) is 11.5. The van der Waals surface area contributed by atoms with E-state index in [0.717, 1.165) is 55.5 Å². The zero-order valence-corrected chi connectivity index (χ0v) is 20.2. The molecule has 1 saturated carbocycles. The Bertz CT molecular complexity index is 1060. The van der Waals surface area contributed by atoms with Gasteiger partial charge in [0, 0.05) is 38.1 Å². The normalized spacial score (nSPS) is 18.5. The quantitative estimate of drug-likeness (QED) is 0.367. The van der Waals surface area contributed by atoms with E-state index >= 15 is 0 Å². The first-order chi connectivity index (χ1) is 15.8. The fourth-order valence-corrected chi connectivity index (χ4v) is 4.72. The number of nitrogens with zero attached hydrogens (tertiary/aromatic N) is 5. The summed E-state index contributed by atoms with van der Waals surface area (Å²) in [5.74, 6) is 0.554. The summed E-state index contributed by atoms with van der Waals surface area (Å²) in [6, 6.07) is 2.40. The molecule has 1 aliphatic carbocycles. The van der Waals surface area contributed by atoms with E-state index in [1.54, 1.807) is 0 Å². The molecule has 1 amide bonds. The van der Waals surface area contributed by atoms with Crippen LogP contribution in [0.25, 0.3) is 11.0 Å². The number of carbonyl (C=O) groups is 1. The van der Waals surface area contributed by atoms with Crippen molar-refractivity contribution in [1.82, 2.24) is 30.0 Å². The predicted octanol–water partition coefficient (Wildman–Crippen LogP) is 4.57. The molecule has 4 rings (SSSR count). The molecule has 3 aromatic rings. The molecule has 3 aromatic heterocycles. The lowest BCUT2D eigenvalue weighted by molar-refractivity contribution is 0.0527. The summed E-state index contributed by atoms with van der Waals surface area (Å²) >= 11 is 6.23. The van der Waals surface area contributed by atoms with E-state index in [9.17, 15) is 4.79 Å². The van der Waals surface area contributed by atoms with Gasteiger partial charge in [-0.3, -0.25) is 5.10 Å². The highest BCUT2D eigenvalue weighted by Gasteiger charge is 2.29. The van der Waals surface area contributed by atoms with Gasteiger partial charge in [-0.25, -0.2) is 14.8 Å². The maximum absolute atomic E-state index is 11.9. The minimum Gasteiger partial charge on any atom is -0.444 e. The second-order valence-corrected chi connectivity index (χ2v) is 10.0. The van der Waals surface area contributed by atoms with E-state index in [0.29, 0.717) is 23.7 Å². The molecule has 0 radical (unpaired) electrons. The van der Waals surface area contributed by atoms with E-state index < -0.39 is 5.60 Å². The minimum atomic E-state index is -0.492. The third kappa shape index (κ3) is 5.96. The Morgan fingerprint density at radius 3 is 2.97 bits per heavy atom. The van der Waals surface area contributed by atoms with Crippen molar-refractivity contribution in [1.29, 1.82) is 0 Å². The molecule has 2 atom stereocenters. The number of fused-ring (bicyclic) bond motifs is 1. The number of H-pyrrole nitrogens is 1. The summed E-state index contributed by atoms with van der Waals surface area (Å²) in [7, 11) is 0. The molecule has 2 N–H and O–H groups in total. The molecule has 1 fully saturated rings. The fraction of sp³-hybridized carbons (Fsp3) is 0.565. The molecule has 0 aromatic carbocycles. The standard InChI is InChI=1S/C23H32ClN7O2/c1-23(2,3)33-22(32)25-8-4-9-30(18-12-28-29-13-18)14-16-5-6-17(11-16)31-10-7-19-20(24)26-15-27-21(19)31/h7,10,12-13,15-17H,4-6,8-9,11,14H2,1-3H3,(H,25,32)(H,28,29). The summed E-state index contributed by atoms with van der Waals surface area (Å²) in [4.78, 5) is 22.8. The van der Waals surface area contributed by atoms with E-state index in [1.165, 1.54) is 6.33 Å². The predicted molar refractivity (Wildman–Crippen MR) is 129 cm³/mol. The third-order valence-electron chi connectivity index (χ3n) is 5.97. The number of anilines is 1. The van der Waals surface area contributed by atoms with Gasteiger partial charge >= 0.3 is 6.09 Å². The molecule has 9 nitrogen and oxygen atoms in total. The van der Waals surface area contributed by atoms with Crippen LogP contribution in [-0.4, -0.2) is 56.1 Å². The Labute approximate surface area is 198 Å². The average molecular weight is 474 g/mol. The zero-order valence-electron chi connectivity index (χ0n) is 19.4. The van der Waals surface area contributed by atoms with Gasteiger partial charge in [-0.2, -0.15) is 5.10 Å². The number of carbonyl (C=O) groups excluding carboxylic acids is 1. The highest BCUT2D eigenvalue weighted by Crippen LogP contribution is 2.38. The molecule has 3 heterocycles. The molecule has 0 saturated heterocycles. The Morgan fingerprint density at radius 1 is 1.36 bits per heavy atom. The minimum absolute atomic E-state index is 0.376. The number of rotatable bonds is 8. The molecule has 0 bridgehead atoms. The van der Waals surface area contributed by atoms with Crippen molar-refractivity contribution in [3.05, 3.63) is 36.1 Å². The molecular weight excluding hydrogens is 442 g/mol. The van der Waals surface area contributed by atoms with Gasteiger partial charge in [-0.05, 0) is 58.4 Å². The van der Waals surface area contributed by atoms with Crippen LogP contribution in [-0.2, 0) is 4.74 Å². The summed E-state index contributed by atoms with van der Waals surface area (Å²) in [6.45, 7) is 7.91. The fourth-order valence-electron chi connectivity index (χ4n) is 4.53. The number of nitrogens with one attached hydrogen (secondary N) is 2. The number of hydrogen-bond donors (Lipinski definition) is 2. The second kappa shape index (κ2) is 9.99. The lowest BCUT2D eigenvalue weighted by Gasteiger charge is -2.27. The molecule has 1 aliphatic rings. The lowest BCUT2D eigenvalue weighted by atomic mass is 10.1. The van der Waals surface area contributed by atoms with E-state index in [1.807, 2.05) is 39.2 Å². The van der Waals surface area contributed by atoms with Crippen molar-refractivity contribution in [3.8, 4) is 0 Å². The van der Waals surface area contributed by atoms with Crippen molar-refractivity contribution >= 4 is 34.4 Å². The number of halogens is 1. The van der Waals surface area contributed by atoms with Crippen LogP contribution in [0.5, 0.6) is 0 Å². The largest absolute Gasteiger partial charge is 0.444 e. The Hall–Kier alpha value is -2.81. The van der Waals surface area contributed by atoms with Crippen molar-refractivity contribution in [2.24, 2.45) is 5.92 Å². The smallest absolute Gasteiger partial charge is 0.407 e. The van der Waals surface area contributed by atoms with Crippen molar-refractivity contribution in [3.63, 3.8) is 0 Å². The highest BCUT2D eigenvalue weighted by atomic mass is 35.5. The topological polar surface area (TPSA) is 101 Å². The van der Waals surface area contributed by atoms with Gasteiger partial charge in [0.25, 0.3) is 0 Å². The van der Waals surface area contributed by atoms with Gasteiger partial charge in [0.2, 0.25) is 0 Å². The van der Waals surface area contributed by atoms with E-state index in [-0.39, 0.29) is 6.09 Å². The van der Waals surface area contributed by atoms with Crippen molar-refractivity contribution in [2.45, 2.75) is 58.1 Å². The first-order valence-corrected chi connectivity index (χ1v) is 11.9. The summed E-state index contributed by atoms with van der Waals surface area (Å²) in [6.07, 6.45) is 11.2. The Balaban J connectivity index is 1.33. The van der Waals surface area contributed by atoms with Crippen LogP contribution < -0.4 is 10.2 Å². The highest BCUT2D eigenvalue weighted by molar-refractivity contribution is 6.33. The summed E-state index contributed by atoms with van der Waals surface area (Å²) in [5, 5.41) is 11.3. The van der Waals surface area contributed by atoms with Crippen LogP contribution >= 0.6 is 11.6 Å². The lowest BCUT2D eigenvalue weighted by Crippen LogP contribution is -2.35. The maximum atomic E-state index is 11.9. The van der Waals surface area contributed by atoms with E-state index in [2.05, 4.69) is 41.1 Å². The number of aromatic nitrogens is 5. The summed E-state index contributed by atoms with van der Waals surface area (Å²) < 4.78 is 7.56. The van der Waals surface area contributed by atoms with Gasteiger partial charge in [0.1, 0.15) is 22.7 Å². The van der Waals surface area contributed by atoms with Crippen LogP contribution in [0.4, 0.5) is 10.5 Å². The molecule has 2 unspecified atom stereocenters. The second-order valence-electron chi connectivity index (χ2n) is 9.64.